The van der Waals surface area contributed by atoms with E-state index < -0.39 is 0 Å². The Morgan fingerprint density at radius 1 is 1.29 bits per heavy atom. The van der Waals surface area contributed by atoms with Crippen LogP contribution >= 0.6 is 11.6 Å². The molecule has 4 heteroatoms. The molecule has 0 amide bonds. The van der Waals surface area contributed by atoms with Crippen molar-refractivity contribution in [3.05, 3.63) is 29.0 Å². The summed E-state index contributed by atoms with van der Waals surface area (Å²) >= 11 is 6.31. The maximum atomic E-state index is 6.31. The Kier molecular flexibility index (Phi) is 4.26. The zero-order valence-corrected chi connectivity index (χ0v) is 13.9. The molecule has 3 rings (SSSR count). The van der Waals surface area contributed by atoms with Gasteiger partial charge in [-0.05, 0) is 38.3 Å². The average Bonchev–Trinajstić information content (AvgIpc) is 2.47. The highest BCUT2D eigenvalue weighted by Gasteiger charge is 2.43. The van der Waals surface area contributed by atoms with E-state index in [1.165, 1.54) is 37.7 Å². The van der Waals surface area contributed by atoms with Crippen LogP contribution in [0.3, 0.4) is 0 Å². The van der Waals surface area contributed by atoms with Gasteiger partial charge in [-0.1, -0.05) is 30.9 Å². The summed E-state index contributed by atoms with van der Waals surface area (Å²) in [5.74, 6) is 0. The number of rotatable bonds is 2. The maximum Gasteiger partial charge on any atom is 0.0634 e. The van der Waals surface area contributed by atoms with E-state index in [-0.39, 0.29) is 5.54 Å². The molecule has 1 saturated carbocycles. The Morgan fingerprint density at radius 2 is 2.05 bits per heavy atom. The number of nitrogens with one attached hydrogen (secondary N) is 1. The number of hydrogen-bond donors (Lipinski definition) is 1. The van der Waals surface area contributed by atoms with Gasteiger partial charge in [0.2, 0.25) is 0 Å². The SMILES string of the molecule is CC1(C)CNC2(CCCCC2)CN1Cc1ccncc1Cl. The fraction of sp³-hybridized carbons (Fsp3) is 0.706. The van der Waals surface area contributed by atoms with Gasteiger partial charge in [-0.2, -0.15) is 0 Å². The highest BCUT2D eigenvalue weighted by molar-refractivity contribution is 6.31. The minimum absolute atomic E-state index is 0.162. The zero-order chi connectivity index (χ0) is 14.9. The molecule has 1 aliphatic carbocycles. The molecule has 1 spiro atoms. The zero-order valence-electron chi connectivity index (χ0n) is 13.2. The Bertz CT molecular complexity index is 495. The fourth-order valence-electron chi connectivity index (χ4n) is 3.72. The van der Waals surface area contributed by atoms with Crippen LogP contribution in [0.1, 0.15) is 51.5 Å². The summed E-state index contributed by atoms with van der Waals surface area (Å²) in [6.45, 7) is 7.74. The molecule has 1 aliphatic heterocycles. The second-order valence-electron chi connectivity index (χ2n) is 7.33. The van der Waals surface area contributed by atoms with Gasteiger partial charge in [-0.15, -0.1) is 0 Å². The highest BCUT2D eigenvalue weighted by atomic mass is 35.5. The standard InChI is InChI=1S/C17H26ClN3/c1-16(2)12-20-17(7-4-3-5-8-17)13-21(16)11-14-6-9-19-10-15(14)18/h6,9-10,20H,3-5,7-8,11-13H2,1-2H3. The smallest absolute Gasteiger partial charge is 0.0634 e. The van der Waals surface area contributed by atoms with Gasteiger partial charge >= 0.3 is 0 Å². The molecule has 3 nitrogen and oxygen atoms in total. The third-order valence-corrected chi connectivity index (χ3v) is 5.61. The Morgan fingerprint density at radius 3 is 2.76 bits per heavy atom. The Balaban J connectivity index is 1.79. The molecule has 116 valence electrons. The number of aromatic nitrogens is 1. The minimum atomic E-state index is 0.162. The lowest BCUT2D eigenvalue weighted by Crippen LogP contribution is -2.68. The van der Waals surface area contributed by atoms with E-state index in [2.05, 4.69) is 29.0 Å². The average molecular weight is 308 g/mol. The molecule has 0 atom stereocenters. The van der Waals surface area contributed by atoms with E-state index in [1.807, 2.05) is 12.3 Å². The molecule has 1 N–H and O–H groups in total. The van der Waals surface area contributed by atoms with Crippen LogP contribution < -0.4 is 5.32 Å². The summed E-state index contributed by atoms with van der Waals surface area (Å²) in [6, 6.07) is 2.05. The van der Waals surface area contributed by atoms with Gasteiger partial charge in [-0.25, -0.2) is 0 Å². The maximum absolute atomic E-state index is 6.31. The van der Waals surface area contributed by atoms with Crippen molar-refractivity contribution >= 4 is 11.6 Å². The van der Waals surface area contributed by atoms with Gasteiger partial charge in [0.25, 0.3) is 0 Å². The monoisotopic (exact) mass is 307 g/mol. The Labute approximate surface area is 133 Å². The van der Waals surface area contributed by atoms with Crippen molar-refractivity contribution in [1.29, 1.82) is 0 Å². The van der Waals surface area contributed by atoms with E-state index in [9.17, 15) is 0 Å². The number of piperazine rings is 1. The number of pyridine rings is 1. The second kappa shape index (κ2) is 5.86. The quantitative estimate of drug-likeness (QED) is 0.904. The van der Waals surface area contributed by atoms with E-state index in [0.29, 0.717) is 5.54 Å². The first-order chi connectivity index (χ1) is 10.0. The van der Waals surface area contributed by atoms with Crippen LogP contribution in [-0.4, -0.2) is 34.1 Å². The van der Waals surface area contributed by atoms with Gasteiger partial charge < -0.3 is 5.32 Å². The molecule has 0 bridgehead atoms. The molecule has 2 fully saturated rings. The molecule has 1 saturated heterocycles. The minimum Gasteiger partial charge on any atom is -0.308 e. The molecule has 2 aliphatic rings. The van der Waals surface area contributed by atoms with Crippen molar-refractivity contribution < 1.29 is 0 Å². The molecule has 0 aromatic carbocycles. The normalized spacial score (nSPS) is 25.1. The third-order valence-electron chi connectivity index (χ3n) is 5.27. The summed E-state index contributed by atoms with van der Waals surface area (Å²) in [7, 11) is 0. The van der Waals surface area contributed by atoms with Crippen LogP contribution in [0.4, 0.5) is 0 Å². The molecular weight excluding hydrogens is 282 g/mol. The fourth-order valence-corrected chi connectivity index (χ4v) is 3.90. The third kappa shape index (κ3) is 3.25. The first-order valence-corrected chi connectivity index (χ1v) is 8.47. The van der Waals surface area contributed by atoms with Crippen LogP contribution in [0, 0.1) is 0 Å². The van der Waals surface area contributed by atoms with Gasteiger partial charge in [0.05, 0.1) is 5.02 Å². The van der Waals surface area contributed by atoms with Crippen molar-refractivity contribution in [2.24, 2.45) is 0 Å². The Hall–Kier alpha value is -0.640. The largest absolute Gasteiger partial charge is 0.308 e. The van der Waals surface area contributed by atoms with Crippen LogP contribution in [0.15, 0.2) is 18.5 Å². The highest BCUT2D eigenvalue weighted by Crippen LogP contribution is 2.35. The van der Waals surface area contributed by atoms with Crippen molar-refractivity contribution in [3.63, 3.8) is 0 Å². The summed E-state index contributed by atoms with van der Waals surface area (Å²) in [5.41, 5.74) is 1.68. The predicted octanol–water partition coefficient (Wildman–Crippen LogP) is 3.62. The lowest BCUT2D eigenvalue weighted by atomic mass is 9.77. The lowest BCUT2D eigenvalue weighted by Gasteiger charge is -2.53. The number of nitrogens with zero attached hydrogens (tertiary/aromatic N) is 2. The first-order valence-electron chi connectivity index (χ1n) is 8.09. The van der Waals surface area contributed by atoms with Crippen molar-refractivity contribution in [3.8, 4) is 0 Å². The predicted molar refractivity (Wildman–Crippen MR) is 87.6 cm³/mol. The van der Waals surface area contributed by atoms with Crippen molar-refractivity contribution in [1.82, 2.24) is 15.2 Å². The van der Waals surface area contributed by atoms with Crippen LogP contribution in [0.5, 0.6) is 0 Å². The topological polar surface area (TPSA) is 28.2 Å². The van der Waals surface area contributed by atoms with Crippen molar-refractivity contribution in [2.75, 3.05) is 13.1 Å². The molecular formula is C17H26ClN3. The first kappa shape index (κ1) is 15.3. The van der Waals surface area contributed by atoms with E-state index in [0.717, 1.165) is 24.7 Å². The van der Waals surface area contributed by atoms with Gasteiger partial charge in [0.15, 0.2) is 0 Å². The summed E-state index contributed by atoms with van der Waals surface area (Å²) < 4.78 is 0. The van der Waals surface area contributed by atoms with Gasteiger partial charge in [-0.3, -0.25) is 9.88 Å². The summed E-state index contributed by atoms with van der Waals surface area (Å²) in [6.07, 6.45) is 10.3. The molecule has 0 radical (unpaired) electrons. The molecule has 21 heavy (non-hydrogen) atoms. The summed E-state index contributed by atoms with van der Waals surface area (Å²) in [4.78, 5) is 6.70. The lowest BCUT2D eigenvalue weighted by molar-refractivity contribution is 0.00486. The number of halogens is 1. The van der Waals surface area contributed by atoms with Gasteiger partial charge in [0, 0.05) is 43.1 Å². The van der Waals surface area contributed by atoms with Crippen LogP contribution in [-0.2, 0) is 6.54 Å². The van der Waals surface area contributed by atoms with E-state index >= 15 is 0 Å². The number of hydrogen-bond acceptors (Lipinski definition) is 3. The van der Waals surface area contributed by atoms with Crippen molar-refractivity contribution in [2.45, 2.75) is 63.6 Å². The molecule has 0 unspecified atom stereocenters. The van der Waals surface area contributed by atoms with E-state index in [4.69, 9.17) is 11.6 Å². The molecule has 2 heterocycles. The summed E-state index contributed by atoms with van der Waals surface area (Å²) in [5, 5.41) is 4.65. The molecule has 1 aromatic rings. The van der Waals surface area contributed by atoms with Crippen LogP contribution in [0.2, 0.25) is 5.02 Å². The molecule has 1 aromatic heterocycles. The van der Waals surface area contributed by atoms with E-state index in [1.54, 1.807) is 6.20 Å². The van der Waals surface area contributed by atoms with Gasteiger partial charge in [0.1, 0.15) is 0 Å². The second-order valence-corrected chi connectivity index (χ2v) is 7.74. The van der Waals surface area contributed by atoms with Crippen LogP contribution in [0.25, 0.3) is 0 Å².